The topological polar surface area (TPSA) is 37.4 Å². The van der Waals surface area contributed by atoms with E-state index in [1.54, 1.807) is 36.2 Å². The van der Waals surface area contributed by atoms with Crippen LogP contribution >= 0.6 is 0 Å². The third kappa shape index (κ3) is 5.51. The van der Waals surface area contributed by atoms with Crippen molar-refractivity contribution in [1.82, 2.24) is 4.90 Å². The number of benzene rings is 1. The molecule has 0 N–H and O–H groups in total. The predicted octanol–water partition coefficient (Wildman–Crippen LogP) is 3.56. The van der Waals surface area contributed by atoms with Crippen LogP contribution in [0.25, 0.3) is 0 Å². The molecule has 0 atom stereocenters. The standard InChI is InChI=1S/C14H17NO2.C2H6/c1-3-4-7-10-15(2)14(17)13-9-6-5-8-12(13)11-16;1-2/h4-9,11H,3,10H2,1-2H3;1-2H3/b7-4+;. The Morgan fingerprint density at radius 1 is 1.21 bits per heavy atom. The minimum atomic E-state index is -0.131. The maximum absolute atomic E-state index is 12.1. The van der Waals surface area contributed by atoms with Crippen molar-refractivity contribution >= 4 is 12.2 Å². The Hall–Kier alpha value is -1.90. The predicted molar refractivity (Wildman–Crippen MR) is 79.6 cm³/mol. The summed E-state index contributed by atoms with van der Waals surface area (Å²) in [5.41, 5.74) is 0.888. The van der Waals surface area contributed by atoms with Crippen molar-refractivity contribution in [3.63, 3.8) is 0 Å². The highest BCUT2D eigenvalue weighted by molar-refractivity contribution is 6.01. The number of hydrogen-bond donors (Lipinski definition) is 0. The van der Waals surface area contributed by atoms with Crippen LogP contribution in [0.4, 0.5) is 0 Å². The van der Waals surface area contributed by atoms with E-state index in [-0.39, 0.29) is 5.91 Å². The van der Waals surface area contributed by atoms with Crippen LogP contribution in [0.1, 0.15) is 47.9 Å². The zero-order chi connectivity index (χ0) is 14.7. The average Bonchev–Trinajstić information content (AvgIpc) is 2.48. The third-order valence-corrected chi connectivity index (χ3v) is 2.45. The van der Waals surface area contributed by atoms with Crippen LogP contribution in [0.3, 0.4) is 0 Å². The lowest BCUT2D eigenvalue weighted by Gasteiger charge is -2.15. The van der Waals surface area contributed by atoms with E-state index >= 15 is 0 Å². The molecule has 1 amide bonds. The van der Waals surface area contributed by atoms with Gasteiger partial charge in [-0.05, 0) is 12.5 Å². The van der Waals surface area contributed by atoms with E-state index in [1.165, 1.54) is 0 Å². The zero-order valence-corrected chi connectivity index (χ0v) is 12.2. The van der Waals surface area contributed by atoms with Crippen LogP contribution in [0.5, 0.6) is 0 Å². The molecule has 0 saturated carbocycles. The number of hydrogen-bond acceptors (Lipinski definition) is 2. The Kier molecular flexibility index (Phi) is 9.06. The fourth-order valence-corrected chi connectivity index (χ4v) is 1.48. The summed E-state index contributed by atoms with van der Waals surface area (Å²) in [6, 6.07) is 6.83. The number of allylic oxidation sites excluding steroid dienone is 1. The Labute approximate surface area is 115 Å². The summed E-state index contributed by atoms with van der Waals surface area (Å²) in [6.45, 7) is 6.60. The largest absolute Gasteiger partial charge is 0.338 e. The van der Waals surface area contributed by atoms with Crippen LogP contribution in [0.15, 0.2) is 36.4 Å². The number of carbonyl (C=O) groups is 2. The average molecular weight is 261 g/mol. The van der Waals surface area contributed by atoms with Gasteiger partial charge in [-0.25, -0.2) is 0 Å². The molecular weight excluding hydrogens is 238 g/mol. The highest BCUT2D eigenvalue weighted by atomic mass is 16.2. The van der Waals surface area contributed by atoms with Gasteiger partial charge in [-0.1, -0.05) is 51.1 Å². The molecule has 0 bridgehead atoms. The second-order valence-electron chi connectivity index (χ2n) is 3.77. The molecule has 0 saturated heterocycles. The van der Waals surface area contributed by atoms with Gasteiger partial charge in [-0.15, -0.1) is 0 Å². The van der Waals surface area contributed by atoms with Gasteiger partial charge in [0.25, 0.3) is 5.91 Å². The highest BCUT2D eigenvalue weighted by Crippen LogP contribution is 2.09. The van der Waals surface area contributed by atoms with Gasteiger partial charge in [0.15, 0.2) is 6.29 Å². The molecule has 0 fully saturated rings. The number of rotatable bonds is 5. The highest BCUT2D eigenvalue weighted by Gasteiger charge is 2.13. The normalized spacial score (nSPS) is 9.68. The first-order valence-electron chi connectivity index (χ1n) is 6.65. The second-order valence-corrected chi connectivity index (χ2v) is 3.77. The van der Waals surface area contributed by atoms with Crippen molar-refractivity contribution in [2.75, 3.05) is 13.6 Å². The monoisotopic (exact) mass is 261 g/mol. The van der Waals surface area contributed by atoms with Gasteiger partial charge in [0.05, 0.1) is 5.56 Å². The fourth-order valence-electron chi connectivity index (χ4n) is 1.48. The molecule has 0 heterocycles. The summed E-state index contributed by atoms with van der Waals surface area (Å²) in [5.74, 6) is -0.131. The summed E-state index contributed by atoms with van der Waals surface area (Å²) >= 11 is 0. The smallest absolute Gasteiger partial charge is 0.254 e. The van der Waals surface area contributed by atoms with Crippen LogP contribution in [0.2, 0.25) is 0 Å². The summed E-state index contributed by atoms with van der Waals surface area (Å²) < 4.78 is 0. The van der Waals surface area contributed by atoms with E-state index in [2.05, 4.69) is 0 Å². The van der Waals surface area contributed by atoms with Crippen molar-refractivity contribution in [2.45, 2.75) is 27.2 Å². The lowest BCUT2D eigenvalue weighted by atomic mass is 10.1. The summed E-state index contributed by atoms with van der Waals surface area (Å²) in [7, 11) is 1.73. The van der Waals surface area contributed by atoms with Crippen molar-refractivity contribution in [3.8, 4) is 0 Å². The zero-order valence-electron chi connectivity index (χ0n) is 12.2. The third-order valence-electron chi connectivity index (χ3n) is 2.45. The number of amides is 1. The molecule has 0 aromatic heterocycles. The SMILES string of the molecule is CC.CC/C=C/CN(C)C(=O)c1ccccc1C=O. The molecule has 0 radical (unpaired) electrons. The molecule has 0 unspecified atom stereocenters. The molecule has 1 aromatic rings. The second kappa shape index (κ2) is 10.1. The molecule has 0 spiro atoms. The van der Waals surface area contributed by atoms with Crippen molar-refractivity contribution < 1.29 is 9.59 Å². The summed E-state index contributed by atoms with van der Waals surface area (Å²) in [5, 5.41) is 0. The molecule has 3 heteroatoms. The Morgan fingerprint density at radius 2 is 1.84 bits per heavy atom. The fraction of sp³-hybridized carbons (Fsp3) is 0.375. The number of carbonyl (C=O) groups excluding carboxylic acids is 2. The first-order chi connectivity index (χ1) is 9.20. The molecule has 3 nitrogen and oxygen atoms in total. The van der Waals surface area contributed by atoms with Crippen LogP contribution < -0.4 is 0 Å². The quantitative estimate of drug-likeness (QED) is 0.600. The Morgan fingerprint density at radius 3 is 2.42 bits per heavy atom. The van der Waals surface area contributed by atoms with Crippen LogP contribution in [0, 0.1) is 0 Å². The number of aldehydes is 1. The minimum absolute atomic E-state index is 0.131. The van der Waals surface area contributed by atoms with E-state index in [0.717, 1.165) is 6.42 Å². The van der Waals surface area contributed by atoms with Gasteiger partial charge in [0, 0.05) is 19.2 Å². The molecule has 0 aliphatic heterocycles. The van der Waals surface area contributed by atoms with E-state index in [0.29, 0.717) is 24.0 Å². The van der Waals surface area contributed by atoms with Crippen molar-refractivity contribution in [3.05, 3.63) is 47.5 Å². The van der Waals surface area contributed by atoms with Gasteiger partial charge < -0.3 is 4.90 Å². The first-order valence-corrected chi connectivity index (χ1v) is 6.65. The number of likely N-dealkylation sites (N-methyl/N-ethyl adjacent to an activating group) is 1. The first kappa shape index (κ1) is 17.1. The Bertz CT molecular complexity index is 425. The summed E-state index contributed by atoms with van der Waals surface area (Å²) in [4.78, 5) is 24.5. The molecule has 0 aliphatic carbocycles. The molecule has 19 heavy (non-hydrogen) atoms. The van der Waals surface area contributed by atoms with E-state index in [9.17, 15) is 9.59 Å². The van der Waals surface area contributed by atoms with Gasteiger partial charge >= 0.3 is 0 Å². The molecular formula is C16H23NO2. The molecule has 104 valence electrons. The molecule has 1 rings (SSSR count). The Balaban J connectivity index is 0.00000154. The molecule has 0 aliphatic rings. The van der Waals surface area contributed by atoms with Gasteiger partial charge in [0.2, 0.25) is 0 Å². The minimum Gasteiger partial charge on any atom is -0.338 e. The van der Waals surface area contributed by atoms with Gasteiger partial charge in [-0.2, -0.15) is 0 Å². The molecule has 1 aromatic carbocycles. The van der Waals surface area contributed by atoms with Crippen LogP contribution in [-0.4, -0.2) is 30.7 Å². The summed E-state index contributed by atoms with van der Waals surface area (Å²) in [6.07, 6.45) is 5.62. The van der Waals surface area contributed by atoms with Crippen molar-refractivity contribution in [1.29, 1.82) is 0 Å². The van der Waals surface area contributed by atoms with Gasteiger partial charge in [-0.3, -0.25) is 9.59 Å². The van der Waals surface area contributed by atoms with E-state index < -0.39 is 0 Å². The van der Waals surface area contributed by atoms with Crippen LogP contribution in [-0.2, 0) is 0 Å². The maximum atomic E-state index is 12.1. The lowest BCUT2D eigenvalue weighted by Crippen LogP contribution is -2.27. The van der Waals surface area contributed by atoms with Crippen molar-refractivity contribution in [2.24, 2.45) is 0 Å². The maximum Gasteiger partial charge on any atom is 0.254 e. The number of nitrogens with zero attached hydrogens (tertiary/aromatic N) is 1. The van der Waals surface area contributed by atoms with E-state index in [4.69, 9.17) is 0 Å². The van der Waals surface area contributed by atoms with E-state index in [1.807, 2.05) is 32.9 Å². The van der Waals surface area contributed by atoms with Gasteiger partial charge in [0.1, 0.15) is 0 Å². The lowest BCUT2D eigenvalue weighted by molar-refractivity contribution is 0.0807.